The number of nitrogens with one attached hydrogen (secondary N) is 2. The summed E-state index contributed by atoms with van der Waals surface area (Å²) in [6.07, 6.45) is 3.31. The van der Waals surface area contributed by atoms with E-state index < -0.39 is 0 Å². The smallest absolute Gasteiger partial charge is 0.273 e. The predicted molar refractivity (Wildman–Crippen MR) is 146 cm³/mol. The fourth-order valence-electron chi connectivity index (χ4n) is 5.62. The SMILES string of the molecule is C[C@@H]1CN(Cc2ccc(-c3cccnc3C(=O)N3CCC(Nc4cccc(F)c4)CC3)cc2)C[C@H](C)N1. The molecule has 6 nitrogen and oxygen atoms in total. The molecular weight excluding hydrogens is 465 g/mol. The first-order valence-corrected chi connectivity index (χ1v) is 13.3. The molecule has 3 aromatic rings. The number of carbonyl (C=O) groups excluding carboxylic acids is 1. The molecule has 2 aromatic carbocycles. The van der Waals surface area contributed by atoms with E-state index in [1.165, 1.54) is 17.7 Å². The molecule has 0 saturated carbocycles. The first-order valence-electron chi connectivity index (χ1n) is 13.3. The second-order valence-electron chi connectivity index (χ2n) is 10.5. The highest BCUT2D eigenvalue weighted by molar-refractivity contribution is 5.99. The minimum atomic E-state index is -0.249. The first kappa shape index (κ1) is 25.4. The molecule has 3 heterocycles. The molecule has 194 valence electrons. The Hall–Kier alpha value is -3.29. The highest BCUT2D eigenvalue weighted by Gasteiger charge is 2.26. The molecule has 2 atom stereocenters. The van der Waals surface area contributed by atoms with E-state index in [0.29, 0.717) is 30.9 Å². The number of carbonyl (C=O) groups is 1. The summed E-state index contributed by atoms with van der Waals surface area (Å²) < 4.78 is 13.5. The van der Waals surface area contributed by atoms with Gasteiger partial charge in [0.2, 0.25) is 0 Å². The van der Waals surface area contributed by atoms with E-state index in [1.807, 2.05) is 23.1 Å². The third kappa shape index (κ3) is 6.35. The van der Waals surface area contributed by atoms with Crippen molar-refractivity contribution in [3.05, 3.63) is 83.9 Å². The Labute approximate surface area is 218 Å². The minimum Gasteiger partial charge on any atom is -0.382 e. The van der Waals surface area contributed by atoms with E-state index in [1.54, 1.807) is 12.3 Å². The molecule has 2 aliphatic heterocycles. The molecule has 1 aromatic heterocycles. The van der Waals surface area contributed by atoms with E-state index in [0.717, 1.165) is 49.3 Å². The number of rotatable bonds is 6. The minimum absolute atomic E-state index is 0.0346. The van der Waals surface area contributed by atoms with Crippen LogP contribution in [0.25, 0.3) is 11.1 Å². The topological polar surface area (TPSA) is 60.5 Å². The second kappa shape index (κ2) is 11.4. The highest BCUT2D eigenvalue weighted by Crippen LogP contribution is 2.26. The summed E-state index contributed by atoms with van der Waals surface area (Å²) in [5, 5.41) is 6.98. The Kier molecular flexibility index (Phi) is 7.82. The van der Waals surface area contributed by atoms with Crippen LogP contribution >= 0.6 is 0 Å². The van der Waals surface area contributed by atoms with Crippen LogP contribution < -0.4 is 10.6 Å². The summed E-state index contributed by atoms with van der Waals surface area (Å²) in [6, 6.07) is 20.1. The van der Waals surface area contributed by atoms with E-state index in [4.69, 9.17) is 0 Å². The number of hydrogen-bond donors (Lipinski definition) is 2. The van der Waals surface area contributed by atoms with Crippen LogP contribution in [-0.4, -0.2) is 65.0 Å². The number of piperidine rings is 1. The van der Waals surface area contributed by atoms with Gasteiger partial charge in [0.1, 0.15) is 11.5 Å². The van der Waals surface area contributed by atoms with Crippen LogP contribution in [0.4, 0.5) is 10.1 Å². The van der Waals surface area contributed by atoms with Crippen molar-refractivity contribution < 1.29 is 9.18 Å². The van der Waals surface area contributed by atoms with Gasteiger partial charge in [-0.1, -0.05) is 36.4 Å². The summed E-state index contributed by atoms with van der Waals surface area (Å²) in [5.74, 6) is -0.283. The summed E-state index contributed by atoms with van der Waals surface area (Å²) in [7, 11) is 0. The fourth-order valence-corrected chi connectivity index (χ4v) is 5.62. The molecule has 7 heteroatoms. The van der Waals surface area contributed by atoms with Gasteiger partial charge in [0, 0.05) is 68.3 Å². The molecule has 0 spiro atoms. The van der Waals surface area contributed by atoms with Gasteiger partial charge >= 0.3 is 0 Å². The second-order valence-corrected chi connectivity index (χ2v) is 10.5. The van der Waals surface area contributed by atoms with Crippen LogP contribution in [0, 0.1) is 5.82 Å². The lowest BCUT2D eigenvalue weighted by Gasteiger charge is -2.36. The molecule has 2 N–H and O–H groups in total. The molecule has 37 heavy (non-hydrogen) atoms. The van der Waals surface area contributed by atoms with Gasteiger partial charge in [-0.05, 0) is 62.1 Å². The molecule has 0 radical (unpaired) electrons. The van der Waals surface area contributed by atoms with E-state index in [2.05, 4.69) is 58.6 Å². The maximum absolute atomic E-state index is 13.5. The van der Waals surface area contributed by atoms with Crippen LogP contribution in [0.1, 0.15) is 42.7 Å². The quantitative estimate of drug-likeness (QED) is 0.509. The molecule has 1 amide bonds. The van der Waals surface area contributed by atoms with Crippen molar-refractivity contribution in [1.82, 2.24) is 20.1 Å². The molecule has 0 aliphatic carbocycles. The number of likely N-dealkylation sites (tertiary alicyclic amines) is 1. The maximum atomic E-state index is 13.5. The standard InChI is InChI=1S/C30H36FN5O/c1-21-18-35(19-22(2)33-21)20-23-8-10-24(11-9-23)28-7-4-14-32-29(28)30(37)36-15-12-26(13-16-36)34-27-6-3-5-25(31)17-27/h3-11,14,17,21-22,26,33-34H,12-13,15-16,18-20H2,1-2H3/t21-,22+. The molecule has 2 fully saturated rings. The lowest BCUT2D eigenvalue weighted by atomic mass is 9.99. The van der Waals surface area contributed by atoms with Gasteiger partial charge in [-0.3, -0.25) is 14.7 Å². The Bertz CT molecular complexity index is 1200. The zero-order valence-corrected chi connectivity index (χ0v) is 21.7. The highest BCUT2D eigenvalue weighted by atomic mass is 19.1. The normalized spacial score (nSPS) is 21.1. The van der Waals surface area contributed by atoms with Crippen molar-refractivity contribution in [3.63, 3.8) is 0 Å². The van der Waals surface area contributed by atoms with E-state index in [9.17, 15) is 9.18 Å². The number of benzene rings is 2. The molecule has 2 aliphatic rings. The predicted octanol–water partition coefficient (Wildman–Crippen LogP) is 4.79. The lowest BCUT2D eigenvalue weighted by molar-refractivity contribution is 0.0713. The fraction of sp³-hybridized carbons (Fsp3) is 0.400. The average molecular weight is 502 g/mol. The Morgan fingerprint density at radius 1 is 1.03 bits per heavy atom. The summed E-state index contributed by atoms with van der Waals surface area (Å²) >= 11 is 0. The van der Waals surface area contributed by atoms with Crippen molar-refractivity contribution in [2.24, 2.45) is 0 Å². The van der Waals surface area contributed by atoms with Crippen molar-refractivity contribution >= 4 is 11.6 Å². The van der Waals surface area contributed by atoms with Crippen LogP contribution in [0.2, 0.25) is 0 Å². The number of aromatic nitrogens is 1. The molecular formula is C30H36FN5O. The monoisotopic (exact) mass is 501 g/mol. The Morgan fingerprint density at radius 2 is 1.76 bits per heavy atom. The molecule has 5 rings (SSSR count). The summed E-state index contributed by atoms with van der Waals surface area (Å²) in [6.45, 7) is 8.76. The van der Waals surface area contributed by atoms with Gasteiger partial charge < -0.3 is 15.5 Å². The number of piperazine rings is 1. The zero-order valence-electron chi connectivity index (χ0n) is 21.7. The number of pyridine rings is 1. The van der Waals surface area contributed by atoms with Gasteiger partial charge in [-0.15, -0.1) is 0 Å². The van der Waals surface area contributed by atoms with Gasteiger partial charge in [0.25, 0.3) is 5.91 Å². The number of amides is 1. The van der Waals surface area contributed by atoms with Gasteiger partial charge in [0.05, 0.1) is 0 Å². The van der Waals surface area contributed by atoms with Crippen molar-refractivity contribution in [2.45, 2.75) is 51.4 Å². The van der Waals surface area contributed by atoms with Crippen molar-refractivity contribution in [2.75, 3.05) is 31.5 Å². The number of halogens is 1. The third-order valence-corrected chi connectivity index (χ3v) is 7.29. The van der Waals surface area contributed by atoms with E-state index in [-0.39, 0.29) is 17.8 Å². The number of nitrogens with zero attached hydrogens (tertiary/aromatic N) is 3. The largest absolute Gasteiger partial charge is 0.382 e. The van der Waals surface area contributed by atoms with Crippen molar-refractivity contribution in [1.29, 1.82) is 0 Å². The third-order valence-electron chi connectivity index (χ3n) is 7.29. The van der Waals surface area contributed by atoms with Gasteiger partial charge in [-0.2, -0.15) is 0 Å². The maximum Gasteiger partial charge on any atom is 0.273 e. The summed E-state index contributed by atoms with van der Waals surface area (Å²) in [5.41, 5.74) is 4.42. The molecule has 0 bridgehead atoms. The van der Waals surface area contributed by atoms with Gasteiger partial charge in [-0.25, -0.2) is 4.39 Å². The molecule has 0 unspecified atom stereocenters. The van der Waals surface area contributed by atoms with Crippen LogP contribution in [0.5, 0.6) is 0 Å². The first-order chi connectivity index (χ1) is 17.9. The molecule has 2 saturated heterocycles. The summed E-state index contributed by atoms with van der Waals surface area (Å²) in [4.78, 5) is 22.3. The van der Waals surface area contributed by atoms with Crippen LogP contribution in [0.15, 0.2) is 66.9 Å². The zero-order chi connectivity index (χ0) is 25.8. The average Bonchev–Trinajstić information content (AvgIpc) is 2.89. The number of hydrogen-bond acceptors (Lipinski definition) is 5. The van der Waals surface area contributed by atoms with Crippen LogP contribution in [-0.2, 0) is 6.54 Å². The van der Waals surface area contributed by atoms with Gasteiger partial charge in [0.15, 0.2) is 0 Å². The Morgan fingerprint density at radius 3 is 2.46 bits per heavy atom. The van der Waals surface area contributed by atoms with E-state index >= 15 is 0 Å². The van der Waals surface area contributed by atoms with Crippen molar-refractivity contribution in [3.8, 4) is 11.1 Å². The van der Waals surface area contributed by atoms with Crippen LogP contribution in [0.3, 0.4) is 0 Å². The Balaban J connectivity index is 1.22. The number of anilines is 1. The lowest BCUT2D eigenvalue weighted by Crippen LogP contribution is -2.53.